The van der Waals surface area contributed by atoms with Crippen LogP contribution in [0.2, 0.25) is 0 Å². The Kier molecular flexibility index (Phi) is 3.53. The lowest BCUT2D eigenvalue weighted by atomic mass is 9.87. The fourth-order valence-electron chi connectivity index (χ4n) is 1.61. The summed E-state index contributed by atoms with van der Waals surface area (Å²) < 4.78 is 5.75. The van der Waals surface area contributed by atoms with Crippen LogP contribution < -0.4 is 4.74 Å². The summed E-state index contributed by atoms with van der Waals surface area (Å²) in [6.45, 7) is 6.50. The molecular weight excluding hydrogens is 244 g/mol. The summed E-state index contributed by atoms with van der Waals surface area (Å²) in [5.41, 5.74) is 1.33. The molecule has 1 aromatic heterocycles. The third kappa shape index (κ3) is 2.99. The van der Waals surface area contributed by atoms with Gasteiger partial charge in [-0.1, -0.05) is 32.9 Å². The molecule has 0 aliphatic carbocycles. The van der Waals surface area contributed by atoms with Gasteiger partial charge < -0.3 is 4.74 Å². The summed E-state index contributed by atoms with van der Waals surface area (Å²) >= 11 is 1.39. The third-order valence-corrected chi connectivity index (χ3v) is 3.48. The van der Waals surface area contributed by atoms with Crippen LogP contribution in [0.1, 0.15) is 36.0 Å². The third-order valence-electron chi connectivity index (χ3n) is 2.65. The van der Waals surface area contributed by atoms with E-state index in [4.69, 9.17) is 4.74 Å². The van der Waals surface area contributed by atoms with Crippen LogP contribution in [0.3, 0.4) is 0 Å². The van der Waals surface area contributed by atoms with E-state index in [1.165, 1.54) is 16.9 Å². The fourth-order valence-corrected chi connectivity index (χ4v) is 2.22. The summed E-state index contributed by atoms with van der Waals surface area (Å²) in [6, 6.07) is 9.80. The molecular formula is C15H16O2S. The van der Waals surface area contributed by atoms with E-state index in [0.717, 1.165) is 12.0 Å². The van der Waals surface area contributed by atoms with E-state index < -0.39 is 0 Å². The van der Waals surface area contributed by atoms with Gasteiger partial charge in [-0.2, -0.15) is 0 Å². The number of ether oxygens (including phenoxy) is 1. The Morgan fingerprint density at radius 3 is 2.56 bits per heavy atom. The lowest BCUT2D eigenvalue weighted by Crippen LogP contribution is -2.10. The second-order valence-electron chi connectivity index (χ2n) is 5.18. The molecule has 0 saturated carbocycles. The molecule has 18 heavy (non-hydrogen) atoms. The molecule has 0 aliphatic rings. The first-order chi connectivity index (χ1) is 8.49. The zero-order valence-electron chi connectivity index (χ0n) is 10.8. The highest BCUT2D eigenvalue weighted by molar-refractivity contribution is 7.11. The second kappa shape index (κ2) is 4.94. The van der Waals surface area contributed by atoms with Crippen molar-refractivity contribution < 1.29 is 9.53 Å². The number of benzene rings is 1. The predicted octanol–water partition coefficient (Wildman–Crippen LogP) is 4.65. The van der Waals surface area contributed by atoms with Crippen molar-refractivity contribution in [3.8, 4) is 11.5 Å². The Hall–Kier alpha value is -1.61. The molecule has 3 heteroatoms. The number of aldehydes is 1. The lowest BCUT2D eigenvalue weighted by Gasteiger charge is -2.19. The van der Waals surface area contributed by atoms with Crippen molar-refractivity contribution in [2.24, 2.45) is 0 Å². The summed E-state index contributed by atoms with van der Waals surface area (Å²) in [6.07, 6.45) is 0.836. The van der Waals surface area contributed by atoms with Crippen molar-refractivity contribution in [2.45, 2.75) is 26.2 Å². The van der Waals surface area contributed by atoms with Crippen molar-refractivity contribution >= 4 is 17.6 Å². The number of carbonyl (C=O) groups excluding carboxylic acids is 1. The number of hydrogen-bond acceptors (Lipinski definition) is 3. The number of thiophene rings is 1. The van der Waals surface area contributed by atoms with Gasteiger partial charge in [-0.15, -0.1) is 11.3 Å². The van der Waals surface area contributed by atoms with Crippen LogP contribution in [0.25, 0.3) is 0 Å². The average Bonchev–Trinajstić information content (AvgIpc) is 2.76. The normalized spacial score (nSPS) is 11.3. The van der Waals surface area contributed by atoms with Crippen LogP contribution >= 0.6 is 11.3 Å². The first-order valence-electron chi connectivity index (χ1n) is 5.81. The molecule has 0 N–H and O–H groups in total. The van der Waals surface area contributed by atoms with Crippen LogP contribution in [-0.2, 0) is 5.41 Å². The molecule has 0 amide bonds. The van der Waals surface area contributed by atoms with Gasteiger partial charge in [-0.05, 0) is 23.1 Å². The molecule has 2 rings (SSSR count). The molecule has 0 radical (unpaired) electrons. The summed E-state index contributed by atoms with van der Waals surface area (Å²) in [5.74, 6) is 1.52. The molecule has 1 aromatic carbocycles. The molecule has 2 nitrogen and oxygen atoms in total. The van der Waals surface area contributed by atoms with E-state index in [0.29, 0.717) is 10.6 Å². The Morgan fingerprint density at radius 1 is 1.17 bits per heavy atom. The largest absolute Gasteiger partial charge is 0.456 e. The Morgan fingerprint density at radius 2 is 1.94 bits per heavy atom. The van der Waals surface area contributed by atoms with Crippen LogP contribution in [0.4, 0.5) is 0 Å². The summed E-state index contributed by atoms with van der Waals surface area (Å²) in [4.78, 5) is 11.3. The number of rotatable bonds is 3. The van der Waals surface area contributed by atoms with Crippen LogP contribution in [0.15, 0.2) is 35.7 Å². The van der Waals surface area contributed by atoms with E-state index in [9.17, 15) is 4.79 Å². The van der Waals surface area contributed by atoms with E-state index in [2.05, 4.69) is 26.8 Å². The minimum atomic E-state index is 0.0992. The summed E-state index contributed by atoms with van der Waals surface area (Å²) in [7, 11) is 0. The van der Waals surface area contributed by atoms with E-state index in [1.54, 1.807) is 6.07 Å². The number of carbonyl (C=O) groups is 1. The first kappa shape index (κ1) is 12.8. The van der Waals surface area contributed by atoms with Gasteiger partial charge in [-0.3, -0.25) is 4.79 Å². The lowest BCUT2D eigenvalue weighted by molar-refractivity contribution is 0.112. The minimum absolute atomic E-state index is 0.0992. The highest BCUT2D eigenvalue weighted by atomic mass is 32.1. The van der Waals surface area contributed by atoms with Gasteiger partial charge >= 0.3 is 0 Å². The average molecular weight is 260 g/mol. The zero-order valence-corrected chi connectivity index (χ0v) is 11.6. The highest BCUT2D eigenvalue weighted by Crippen LogP contribution is 2.30. The smallest absolute Gasteiger partial charge is 0.160 e. The van der Waals surface area contributed by atoms with Gasteiger partial charge in [0.15, 0.2) is 6.29 Å². The van der Waals surface area contributed by atoms with E-state index in [-0.39, 0.29) is 5.41 Å². The first-order valence-corrected chi connectivity index (χ1v) is 6.69. The molecule has 0 atom stereocenters. The predicted molar refractivity (Wildman–Crippen MR) is 74.9 cm³/mol. The maximum absolute atomic E-state index is 10.6. The zero-order chi connectivity index (χ0) is 13.2. The Bertz CT molecular complexity index is 550. The van der Waals surface area contributed by atoms with Crippen molar-refractivity contribution in [3.63, 3.8) is 0 Å². The topological polar surface area (TPSA) is 26.3 Å². The molecule has 0 saturated heterocycles. The molecule has 0 aliphatic heterocycles. The Balaban J connectivity index is 2.21. The summed E-state index contributed by atoms with van der Waals surface area (Å²) in [5, 5.41) is 1.84. The standard InChI is InChI=1S/C15H16O2S/c1-15(2,3)11-5-4-6-12(7-11)17-13-8-14(9-16)18-10-13/h4-10H,1-3H3. The van der Waals surface area contributed by atoms with Crippen LogP contribution in [0, 0.1) is 0 Å². The second-order valence-corrected chi connectivity index (χ2v) is 6.13. The fraction of sp³-hybridized carbons (Fsp3) is 0.267. The van der Waals surface area contributed by atoms with E-state index in [1.807, 2.05) is 23.6 Å². The van der Waals surface area contributed by atoms with Gasteiger partial charge in [0.2, 0.25) is 0 Å². The maximum atomic E-state index is 10.6. The molecule has 1 heterocycles. The van der Waals surface area contributed by atoms with Crippen LogP contribution in [-0.4, -0.2) is 6.29 Å². The van der Waals surface area contributed by atoms with Gasteiger partial charge in [0, 0.05) is 11.4 Å². The molecule has 2 aromatic rings. The molecule has 0 fully saturated rings. The van der Waals surface area contributed by atoms with Crippen molar-refractivity contribution in [1.82, 2.24) is 0 Å². The van der Waals surface area contributed by atoms with Crippen molar-refractivity contribution in [1.29, 1.82) is 0 Å². The van der Waals surface area contributed by atoms with E-state index >= 15 is 0 Å². The maximum Gasteiger partial charge on any atom is 0.160 e. The van der Waals surface area contributed by atoms with Crippen molar-refractivity contribution in [2.75, 3.05) is 0 Å². The molecule has 0 unspecified atom stereocenters. The van der Waals surface area contributed by atoms with Gasteiger partial charge in [0.1, 0.15) is 11.5 Å². The molecule has 0 bridgehead atoms. The molecule has 0 spiro atoms. The molecule has 94 valence electrons. The van der Waals surface area contributed by atoms with Gasteiger partial charge in [0.25, 0.3) is 0 Å². The SMILES string of the molecule is CC(C)(C)c1cccc(Oc2csc(C=O)c2)c1. The van der Waals surface area contributed by atoms with Gasteiger partial charge in [0.05, 0.1) is 4.88 Å². The Labute approximate surface area is 111 Å². The minimum Gasteiger partial charge on any atom is -0.456 e. The monoisotopic (exact) mass is 260 g/mol. The van der Waals surface area contributed by atoms with Gasteiger partial charge in [-0.25, -0.2) is 0 Å². The number of hydrogen-bond donors (Lipinski definition) is 0. The highest BCUT2D eigenvalue weighted by Gasteiger charge is 2.14. The van der Waals surface area contributed by atoms with Crippen LogP contribution in [0.5, 0.6) is 11.5 Å². The van der Waals surface area contributed by atoms with Crippen molar-refractivity contribution in [3.05, 3.63) is 46.2 Å². The quantitative estimate of drug-likeness (QED) is 0.751.